The molecule has 0 N–H and O–H groups in total. The van der Waals surface area contributed by atoms with Gasteiger partial charge in [0.2, 0.25) is 0 Å². The molecule has 0 fully saturated rings. The maximum absolute atomic E-state index is 4.93. The van der Waals surface area contributed by atoms with Gasteiger partial charge in [-0.1, -0.05) is 94.8 Å². The van der Waals surface area contributed by atoms with Crippen molar-refractivity contribution in [3.05, 3.63) is 108 Å². The van der Waals surface area contributed by atoms with Gasteiger partial charge >= 0.3 is 0 Å². The highest BCUT2D eigenvalue weighted by Crippen LogP contribution is 2.34. The first-order valence-corrected chi connectivity index (χ1v) is 11.4. The number of aromatic nitrogens is 4. The van der Waals surface area contributed by atoms with Crippen LogP contribution in [0.4, 0.5) is 0 Å². The zero-order valence-corrected chi connectivity index (χ0v) is 19.1. The second kappa shape index (κ2) is 8.19. The van der Waals surface area contributed by atoms with Crippen molar-refractivity contribution in [1.29, 1.82) is 0 Å². The third-order valence-corrected chi connectivity index (χ3v) is 6.32. The monoisotopic (exact) mass is 488 g/mol. The smallest absolute Gasteiger partial charge is 0.198 e. The molecule has 33 heavy (non-hydrogen) atoms. The number of para-hydroxylation sites is 1. The summed E-state index contributed by atoms with van der Waals surface area (Å²) in [5, 5.41) is 3.24. The molecule has 4 aromatic carbocycles. The highest BCUT2D eigenvalue weighted by atomic mass is 79.9. The molecule has 0 atom stereocenters. The van der Waals surface area contributed by atoms with Gasteiger partial charge in [-0.3, -0.25) is 0 Å². The number of hydrogen-bond donors (Lipinski definition) is 0. The van der Waals surface area contributed by atoms with E-state index in [2.05, 4.69) is 57.3 Å². The summed E-state index contributed by atoms with van der Waals surface area (Å²) in [4.78, 5) is 19.1. The van der Waals surface area contributed by atoms with Gasteiger partial charge in [-0.15, -0.1) is 0 Å². The molecule has 0 unspecified atom stereocenters. The SMILES string of the molecule is Brc1ccc(-c2cc(-c3ccccc3)nc(-c3ncc4ccccc4n3)n2)c2ccccc12. The minimum Gasteiger partial charge on any atom is -0.233 e. The van der Waals surface area contributed by atoms with Crippen LogP contribution in [-0.2, 0) is 0 Å². The van der Waals surface area contributed by atoms with Gasteiger partial charge in [-0.2, -0.15) is 0 Å². The molecule has 0 amide bonds. The van der Waals surface area contributed by atoms with E-state index in [1.165, 1.54) is 0 Å². The fourth-order valence-corrected chi connectivity index (χ4v) is 4.49. The second-order valence-electron chi connectivity index (χ2n) is 7.72. The van der Waals surface area contributed by atoms with E-state index in [0.29, 0.717) is 11.6 Å². The summed E-state index contributed by atoms with van der Waals surface area (Å²) in [5.41, 5.74) is 4.59. The zero-order chi connectivity index (χ0) is 22.2. The minimum absolute atomic E-state index is 0.504. The molecule has 2 aromatic heterocycles. The molecule has 0 aliphatic carbocycles. The maximum atomic E-state index is 4.93. The van der Waals surface area contributed by atoms with E-state index in [-0.39, 0.29) is 0 Å². The quantitative estimate of drug-likeness (QED) is 0.261. The lowest BCUT2D eigenvalue weighted by Crippen LogP contribution is -1.99. The van der Waals surface area contributed by atoms with Crippen LogP contribution in [0.5, 0.6) is 0 Å². The van der Waals surface area contributed by atoms with E-state index in [1.54, 1.807) is 0 Å². The average Bonchev–Trinajstić information content (AvgIpc) is 2.89. The maximum Gasteiger partial charge on any atom is 0.198 e. The zero-order valence-electron chi connectivity index (χ0n) is 17.5. The van der Waals surface area contributed by atoms with Gasteiger partial charge in [-0.25, -0.2) is 19.9 Å². The molecule has 6 aromatic rings. The molecule has 0 bridgehead atoms. The molecule has 156 valence electrons. The lowest BCUT2D eigenvalue weighted by atomic mass is 10.0. The van der Waals surface area contributed by atoms with Crippen LogP contribution in [0.1, 0.15) is 0 Å². The first-order valence-electron chi connectivity index (χ1n) is 10.6. The summed E-state index contributed by atoms with van der Waals surface area (Å²) in [6, 6.07) is 32.6. The lowest BCUT2D eigenvalue weighted by molar-refractivity contribution is 1.11. The van der Waals surface area contributed by atoms with Crippen molar-refractivity contribution in [3.63, 3.8) is 0 Å². The third kappa shape index (κ3) is 3.66. The molecular weight excluding hydrogens is 472 g/mol. The molecule has 5 heteroatoms. The summed E-state index contributed by atoms with van der Waals surface area (Å²) in [6.07, 6.45) is 1.82. The van der Waals surface area contributed by atoms with Crippen molar-refractivity contribution in [3.8, 4) is 34.2 Å². The molecule has 0 saturated carbocycles. The van der Waals surface area contributed by atoms with Crippen molar-refractivity contribution < 1.29 is 0 Å². The number of hydrogen-bond acceptors (Lipinski definition) is 4. The van der Waals surface area contributed by atoms with E-state index in [9.17, 15) is 0 Å². The summed E-state index contributed by atoms with van der Waals surface area (Å²) in [6.45, 7) is 0. The van der Waals surface area contributed by atoms with Crippen molar-refractivity contribution in [2.24, 2.45) is 0 Å². The number of benzene rings is 4. The fourth-order valence-electron chi connectivity index (χ4n) is 4.01. The highest BCUT2D eigenvalue weighted by molar-refractivity contribution is 9.10. The molecule has 0 aliphatic rings. The van der Waals surface area contributed by atoms with E-state index in [4.69, 9.17) is 15.0 Å². The standard InChI is InChI=1S/C28H17BrN4/c29-23-15-14-22(20-11-5-6-12-21(20)23)26-16-25(18-8-2-1-3-9-18)32-28(33-26)27-30-17-19-10-4-7-13-24(19)31-27/h1-17H. The summed E-state index contributed by atoms with van der Waals surface area (Å²) >= 11 is 3.68. The summed E-state index contributed by atoms with van der Waals surface area (Å²) in [5.74, 6) is 1.01. The topological polar surface area (TPSA) is 51.6 Å². The molecule has 2 heterocycles. The predicted octanol–water partition coefficient (Wildman–Crippen LogP) is 7.34. The van der Waals surface area contributed by atoms with E-state index >= 15 is 0 Å². The van der Waals surface area contributed by atoms with Crippen LogP contribution >= 0.6 is 15.9 Å². The van der Waals surface area contributed by atoms with Crippen molar-refractivity contribution in [2.75, 3.05) is 0 Å². The van der Waals surface area contributed by atoms with Crippen LogP contribution in [0.3, 0.4) is 0 Å². The summed E-state index contributed by atoms with van der Waals surface area (Å²) in [7, 11) is 0. The second-order valence-corrected chi connectivity index (χ2v) is 8.58. The average molecular weight is 489 g/mol. The van der Waals surface area contributed by atoms with Crippen LogP contribution in [0.2, 0.25) is 0 Å². The van der Waals surface area contributed by atoms with Crippen LogP contribution < -0.4 is 0 Å². The van der Waals surface area contributed by atoms with E-state index in [1.807, 2.05) is 66.9 Å². The van der Waals surface area contributed by atoms with Crippen molar-refractivity contribution in [1.82, 2.24) is 19.9 Å². The largest absolute Gasteiger partial charge is 0.233 e. The third-order valence-electron chi connectivity index (χ3n) is 5.63. The van der Waals surface area contributed by atoms with Crippen LogP contribution in [0, 0.1) is 0 Å². The van der Waals surface area contributed by atoms with Crippen LogP contribution in [-0.4, -0.2) is 19.9 Å². The van der Waals surface area contributed by atoms with Gasteiger partial charge in [0.05, 0.1) is 16.9 Å². The molecule has 4 nitrogen and oxygen atoms in total. The number of rotatable bonds is 3. The number of fused-ring (bicyclic) bond motifs is 2. The van der Waals surface area contributed by atoms with Crippen molar-refractivity contribution in [2.45, 2.75) is 0 Å². The molecule has 0 radical (unpaired) electrons. The van der Waals surface area contributed by atoms with Gasteiger partial charge in [0, 0.05) is 27.2 Å². The normalized spacial score (nSPS) is 11.2. The van der Waals surface area contributed by atoms with Crippen LogP contribution in [0.15, 0.2) is 108 Å². The van der Waals surface area contributed by atoms with E-state index < -0.39 is 0 Å². The molecule has 6 rings (SSSR count). The number of halogens is 1. The fraction of sp³-hybridized carbons (Fsp3) is 0. The summed E-state index contributed by atoms with van der Waals surface area (Å²) < 4.78 is 1.05. The molecule has 0 saturated heterocycles. The molecule has 0 aliphatic heterocycles. The Labute approximate surface area is 199 Å². The van der Waals surface area contributed by atoms with Crippen molar-refractivity contribution >= 4 is 37.6 Å². The Bertz CT molecular complexity index is 1630. The van der Waals surface area contributed by atoms with E-state index in [0.717, 1.165) is 48.7 Å². The molecular formula is C28H17BrN4. The molecule has 0 spiro atoms. The van der Waals surface area contributed by atoms with Gasteiger partial charge in [0.15, 0.2) is 11.6 Å². The van der Waals surface area contributed by atoms with Gasteiger partial charge < -0.3 is 0 Å². The van der Waals surface area contributed by atoms with Crippen LogP contribution in [0.25, 0.3) is 55.8 Å². The van der Waals surface area contributed by atoms with Gasteiger partial charge in [-0.05, 0) is 29.0 Å². The van der Waals surface area contributed by atoms with Gasteiger partial charge in [0.25, 0.3) is 0 Å². The Kier molecular flexibility index (Phi) is 4.89. The Hall–Kier alpha value is -3.96. The minimum atomic E-state index is 0.504. The first-order chi connectivity index (χ1) is 16.3. The Morgan fingerprint density at radius 2 is 1.30 bits per heavy atom. The lowest BCUT2D eigenvalue weighted by Gasteiger charge is -2.11. The first kappa shape index (κ1) is 19.7. The van der Waals surface area contributed by atoms with Gasteiger partial charge in [0.1, 0.15) is 0 Å². The Morgan fingerprint density at radius 3 is 2.18 bits per heavy atom. The Morgan fingerprint density at radius 1 is 0.576 bits per heavy atom. The Balaban J connectivity index is 1.61. The number of nitrogens with zero attached hydrogens (tertiary/aromatic N) is 4. The highest BCUT2D eigenvalue weighted by Gasteiger charge is 2.15. The predicted molar refractivity (Wildman–Crippen MR) is 137 cm³/mol.